The molecule has 4 rings (SSSR count). The van der Waals surface area contributed by atoms with Gasteiger partial charge in [-0.25, -0.2) is 0 Å². The first-order chi connectivity index (χ1) is 17.9. The molecule has 2 aliphatic rings. The van der Waals surface area contributed by atoms with E-state index in [2.05, 4.69) is 15.5 Å². The Balaban J connectivity index is 1.45. The van der Waals surface area contributed by atoms with Crippen LogP contribution < -0.4 is 20.3 Å². The predicted octanol–water partition coefficient (Wildman–Crippen LogP) is 2.37. The number of benzene rings is 2. The summed E-state index contributed by atoms with van der Waals surface area (Å²) in [6, 6.07) is 13.1. The van der Waals surface area contributed by atoms with E-state index in [0.717, 1.165) is 56.0 Å². The molecule has 0 aromatic heterocycles. The predicted molar refractivity (Wildman–Crippen MR) is 144 cm³/mol. The fourth-order valence-corrected chi connectivity index (χ4v) is 4.90. The van der Waals surface area contributed by atoms with Gasteiger partial charge in [-0.1, -0.05) is 12.1 Å². The maximum absolute atomic E-state index is 13.2. The number of anilines is 2. The number of carbonyl (C=O) groups excluding carboxylic acids is 3. The van der Waals surface area contributed by atoms with Crippen LogP contribution in [-0.2, 0) is 16.0 Å². The van der Waals surface area contributed by atoms with Crippen molar-refractivity contribution < 1.29 is 19.1 Å². The van der Waals surface area contributed by atoms with E-state index in [-0.39, 0.29) is 17.7 Å². The lowest BCUT2D eigenvalue weighted by Gasteiger charge is -2.27. The fraction of sp³-hybridized carbons (Fsp3) is 0.464. The molecule has 0 saturated carbocycles. The van der Waals surface area contributed by atoms with Crippen molar-refractivity contribution in [2.75, 3.05) is 69.7 Å². The standard InChI is InChI=1S/C28H37N5O4/c1-21(34)30-25-20-23(28(36)33-13-3-11-29-12-16-33)7-10-26(25)31-14-4-15-32(18-17-31)27(35)19-22-5-8-24(37-2)9-6-22/h5-10,20,29H,3-4,11-19H2,1-2H3,(H,30,34). The SMILES string of the molecule is COc1ccc(CC(=O)N2CCCN(c3ccc(C(=O)N4CCCNCC4)cc3NC(C)=O)CC2)cc1. The molecule has 2 N–H and O–H groups in total. The van der Waals surface area contributed by atoms with Gasteiger partial charge in [0.2, 0.25) is 11.8 Å². The van der Waals surface area contributed by atoms with E-state index in [4.69, 9.17) is 4.74 Å². The van der Waals surface area contributed by atoms with E-state index >= 15 is 0 Å². The van der Waals surface area contributed by atoms with E-state index < -0.39 is 0 Å². The van der Waals surface area contributed by atoms with Crippen LogP contribution in [0.3, 0.4) is 0 Å². The Hall–Kier alpha value is -3.59. The summed E-state index contributed by atoms with van der Waals surface area (Å²) in [7, 11) is 1.62. The van der Waals surface area contributed by atoms with Gasteiger partial charge in [0.1, 0.15) is 5.75 Å². The molecule has 2 aliphatic heterocycles. The largest absolute Gasteiger partial charge is 0.497 e. The summed E-state index contributed by atoms with van der Waals surface area (Å²) < 4.78 is 5.20. The van der Waals surface area contributed by atoms with Crippen LogP contribution in [0.25, 0.3) is 0 Å². The zero-order valence-electron chi connectivity index (χ0n) is 21.8. The molecule has 0 atom stereocenters. The average Bonchev–Trinajstić information content (AvgIpc) is 3.32. The number of carbonyl (C=O) groups is 3. The number of nitrogens with one attached hydrogen (secondary N) is 2. The average molecular weight is 508 g/mol. The molecule has 9 nitrogen and oxygen atoms in total. The number of hydrogen-bond donors (Lipinski definition) is 2. The molecule has 9 heteroatoms. The van der Waals surface area contributed by atoms with E-state index in [1.807, 2.05) is 46.2 Å². The summed E-state index contributed by atoms with van der Waals surface area (Å²) >= 11 is 0. The Labute approximate surface area is 218 Å². The molecule has 0 radical (unpaired) electrons. The Kier molecular flexibility index (Phi) is 9.00. The highest BCUT2D eigenvalue weighted by molar-refractivity contribution is 5.99. The van der Waals surface area contributed by atoms with Crippen LogP contribution >= 0.6 is 0 Å². The van der Waals surface area contributed by atoms with Crippen molar-refractivity contribution >= 4 is 29.1 Å². The second-order valence-electron chi connectivity index (χ2n) is 9.56. The summed E-state index contributed by atoms with van der Waals surface area (Å²) in [6.45, 7) is 7.23. The Morgan fingerprint density at radius 1 is 0.892 bits per heavy atom. The van der Waals surface area contributed by atoms with Crippen LogP contribution in [0.5, 0.6) is 5.75 Å². The van der Waals surface area contributed by atoms with Crippen LogP contribution in [0.4, 0.5) is 11.4 Å². The van der Waals surface area contributed by atoms with Crippen molar-refractivity contribution in [2.45, 2.75) is 26.2 Å². The third kappa shape index (κ3) is 7.01. The van der Waals surface area contributed by atoms with Gasteiger partial charge in [-0.3, -0.25) is 14.4 Å². The van der Waals surface area contributed by atoms with E-state index in [1.165, 1.54) is 6.92 Å². The third-order valence-electron chi connectivity index (χ3n) is 6.89. The van der Waals surface area contributed by atoms with Crippen molar-refractivity contribution in [3.8, 4) is 5.75 Å². The van der Waals surface area contributed by atoms with Gasteiger partial charge in [-0.05, 0) is 55.3 Å². The number of ether oxygens (including phenoxy) is 1. The Morgan fingerprint density at radius 2 is 1.68 bits per heavy atom. The zero-order chi connectivity index (χ0) is 26.2. The number of nitrogens with zero attached hydrogens (tertiary/aromatic N) is 3. The number of methoxy groups -OCH3 is 1. The molecule has 198 valence electrons. The van der Waals surface area contributed by atoms with Gasteiger partial charge in [0, 0.05) is 58.3 Å². The second-order valence-corrected chi connectivity index (χ2v) is 9.56. The molecule has 0 aliphatic carbocycles. The number of hydrogen-bond acceptors (Lipinski definition) is 6. The summed E-state index contributed by atoms with van der Waals surface area (Å²) in [5.74, 6) is 0.665. The van der Waals surface area contributed by atoms with Gasteiger partial charge in [0.15, 0.2) is 0 Å². The minimum Gasteiger partial charge on any atom is -0.497 e. The second kappa shape index (κ2) is 12.6. The highest BCUT2D eigenvalue weighted by Gasteiger charge is 2.23. The zero-order valence-corrected chi connectivity index (χ0v) is 21.8. The molecule has 0 unspecified atom stereocenters. The molecule has 37 heavy (non-hydrogen) atoms. The molecule has 0 spiro atoms. The molecule has 2 aromatic carbocycles. The molecule has 3 amide bonds. The molecule has 0 bridgehead atoms. The van der Waals surface area contributed by atoms with Gasteiger partial charge in [0.25, 0.3) is 5.91 Å². The van der Waals surface area contributed by atoms with Crippen LogP contribution in [0.1, 0.15) is 35.7 Å². The van der Waals surface area contributed by atoms with Gasteiger partial charge >= 0.3 is 0 Å². The molecular weight excluding hydrogens is 470 g/mol. The number of amides is 3. The molecule has 2 aromatic rings. The van der Waals surface area contributed by atoms with Crippen molar-refractivity contribution in [3.05, 3.63) is 53.6 Å². The lowest BCUT2D eigenvalue weighted by atomic mass is 10.1. The minimum absolute atomic E-state index is 0.0203. The van der Waals surface area contributed by atoms with Crippen LogP contribution in [0, 0.1) is 0 Å². The van der Waals surface area contributed by atoms with Gasteiger partial charge in [-0.2, -0.15) is 0 Å². The molecule has 2 saturated heterocycles. The first kappa shape index (κ1) is 26.5. The van der Waals surface area contributed by atoms with Crippen LogP contribution in [-0.4, -0.2) is 87.0 Å². The maximum atomic E-state index is 13.2. The maximum Gasteiger partial charge on any atom is 0.253 e. The summed E-state index contributed by atoms with van der Waals surface area (Å²) in [5, 5.41) is 6.24. The quantitative estimate of drug-likeness (QED) is 0.624. The highest BCUT2D eigenvalue weighted by Crippen LogP contribution is 2.29. The lowest BCUT2D eigenvalue weighted by molar-refractivity contribution is -0.130. The van der Waals surface area contributed by atoms with Crippen molar-refractivity contribution in [1.29, 1.82) is 0 Å². The van der Waals surface area contributed by atoms with Gasteiger partial charge < -0.3 is 30.1 Å². The Morgan fingerprint density at radius 3 is 2.43 bits per heavy atom. The summed E-state index contributed by atoms with van der Waals surface area (Å²) in [4.78, 5) is 44.1. The lowest BCUT2D eigenvalue weighted by Crippen LogP contribution is -2.36. The van der Waals surface area contributed by atoms with Crippen molar-refractivity contribution in [1.82, 2.24) is 15.1 Å². The smallest absolute Gasteiger partial charge is 0.253 e. The van der Waals surface area contributed by atoms with Crippen molar-refractivity contribution in [3.63, 3.8) is 0 Å². The van der Waals surface area contributed by atoms with E-state index in [1.54, 1.807) is 13.2 Å². The monoisotopic (exact) mass is 507 g/mol. The van der Waals surface area contributed by atoms with E-state index in [9.17, 15) is 14.4 Å². The van der Waals surface area contributed by atoms with Gasteiger partial charge in [-0.15, -0.1) is 0 Å². The molecule has 2 heterocycles. The summed E-state index contributed by atoms with van der Waals surface area (Å²) in [6.07, 6.45) is 2.09. The third-order valence-corrected chi connectivity index (χ3v) is 6.89. The van der Waals surface area contributed by atoms with Crippen molar-refractivity contribution in [2.24, 2.45) is 0 Å². The Bertz CT molecular complexity index is 1100. The normalized spacial score (nSPS) is 16.5. The fourth-order valence-electron chi connectivity index (χ4n) is 4.90. The van der Waals surface area contributed by atoms with Gasteiger partial charge in [0.05, 0.1) is 24.9 Å². The molecular formula is C28H37N5O4. The summed E-state index contributed by atoms with van der Waals surface area (Å²) in [5.41, 5.74) is 3.03. The molecule has 2 fully saturated rings. The first-order valence-electron chi connectivity index (χ1n) is 13.0. The highest BCUT2D eigenvalue weighted by atomic mass is 16.5. The first-order valence-corrected chi connectivity index (χ1v) is 13.0. The number of rotatable bonds is 6. The minimum atomic E-state index is -0.184. The van der Waals surface area contributed by atoms with Crippen LogP contribution in [0.2, 0.25) is 0 Å². The van der Waals surface area contributed by atoms with Crippen LogP contribution in [0.15, 0.2) is 42.5 Å². The van der Waals surface area contributed by atoms with E-state index in [0.29, 0.717) is 43.9 Å². The topological polar surface area (TPSA) is 94.2 Å².